The highest BCUT2D eigenvalue weighted by atomic mass is 16.5. The second-order valence-electron chi connectivity index (χ2n) is 5.00. The van der Waals surface area contributed by atoms with Crippen LogP contribution in [0, 0.1) is 17.2 Å². The van der Waals surface area contributed by atoms with Crippen molar-refractivity contribution < 1.29 is 9.53 Å². The number of nitrogens with two attached hydrogens (primary N) is 1. The average Bonchev–Trinajstić information content (AvgIpc) is 2.58. The zero-order valence-corrected chi connectivity index (χ0v) is 12.2. The van der Waals surface area contributed by atoms with E-state index in [1.807, 2.05) is 66.7 Å². The number of nitriles is 1. The first kappa shape index (κ1) is 15.7. The van der Waals surface area contributed by atoms with E-state index in [1.54, 1.807) is 0 Å². The van der Waals surface area contributed by atoms with Gasteiger partial charge in [-0.2, -0.15) is 5.26 Å². The van der Waals surface area contributed by atoms with E-state index in [9.17, 15) is 4.79 Å². The first-order chi connectivity index (χ1) is 10.7. The molecule has 0 heterocycles. The van der Waals surface area contributed by atoms with E-state index in [2.05, 4.69) is 0 Å². The van der Waals surface area contributed by atoms with Crippen molar-refractivity contribution in [3.8, 4) is 6.07 Å². The third-order valence-electron chi connectivity index (χ3n) is 3.46. The van der Waals surface area contributed by atoms with Crippen molar-refractivity contribution in [2.24, 2.45) is 11.7 Å². The Kier molecular flexibility index (Phi) is 5.70. The largest absolute Gasteiger partial charge is 0.461 e. The highest BCUT2D eigenvalue weighted by Crippen LogP contribution is 2.23. The van der Waals surface area contributed by atoms with Gasteiger partial charge in [0.05, 0.1) is 18.4 Å². The van der Waals surface area contributed by atoms with Crippen LogP contribution in [0.3, 0.4) is 0 Å². The molecule has 0 bridgehead atoms. The summed E-state index contributed by atoms with van der Waals surface area (Å²) in [7, 11) is 0. The SMILES string of the molecule is N#CCC(C(=O)OCc1ccccc1)C(N)c1ccccc1. The Balaban J connectivity index is 2.04. The van der Waals surface area contributed by atoms with Crippen LogP contribution in [0.2, 0.25) is 0 Å². The van der Waals surface area contributed by atoms with Gasteiger partial charge in [-0.3, -0.25) is 4.79 Å². The number of carbonyl (C=O) groups excluding carboxylic acids is 1. The standard InChI is InChI=1S/C18H18N2O2/c19-12-11-16(17(20)15-9-5-2-6-10-15)18(21)22-13-14-7-3-1-4-8-14/h1-10,16-17H,11,13,20H2. The van der Waals surface area contributed by atoms with Crippen molar-refractivity contribution in [2.45, 2.75) is 19.1 Å². The molecule has 22 heavy (non-hydrogen) atoms. The molecule has 4 heteroatoms. The van der Waals surface area contributed by atoms with E-state index in [4.69, 9.17) is 15.7 Å². The molecule has 0 spiro atoms. The summed E-state index contributed by atoms with van der Waals surface area (Å²) < 4.78 is 5.32. The maximum absolute atomic E-state index is 12.3. The molecule has 2 atom stereocenters. The molecule has 0 saturated heterocycles. The van der Waals surface area contributed by atoms with E-state index >= 15 is 0 Å². The van der Waals surface area contributed by atoms with Crippen molar-refractivity contribution in [1.29, 1.82) is 5.26 Å². The van der Waals surface area contributed by atoms with Crippen LogP contribution in [-0.4, -0.2) is 5.97 Å². The molecule has 0 amide bonds. The predicted molar refractivity (Wildman–Crippen MR) is 83.3 cm³/mol. The van der Waals surface area contributed by atoms with Crippen LogP contribution >= 0.6 is 0 Å². The van der Waals surface area contributed by atoms with Crippen LogP contribution in [0.15, 0.2) is 60.7 Å². The summed E-state index contributed by atoms with van der Waals surface area (Å²) in [5.41, 5.74) is 7.86. The number of rotatable bonds is 6. The van der Waals surface area contributed by atoms with Gasteiger partial charge in [0.2, 0.25) is 0 Å². The fourth-order valence-electron chi connectivity index (χ4n) is 2.20. The number of esters is 1. The third kappa shape index (κ3) is 4.18. The quantitative estimate of drug-likeness (QED) is 0.831. The van der Waals surface area contributed by atoms with Crippen molar-refractivity contribution in [3.63, 3.8) is 0 Å². The number of ether oxygens (including phenoxy) is 1. The molecule has 2 unspecified atom stereocenters. The van der Waals surface area contributed by atoms with Gasteiger partial charge in [0.15, 0.2) is 0 Å². The Morgan fingerprint density at radius 2 is 1.68 bits per heavy atom. The Labute approximate surface area is 130 Å². The highest BCUT2D eigenvalue weighted by molar-refractivity contribution is 5.74. The maximum Gasteiger partial charge on any atom is 0.312 e. The van der Waals surface area contributed by atoms with Crippen LogP contribution < -0.4 is 5.73 Å². The summed E-state index contributed by atoms with van der Waals surface area (Å²) in [6.45, 7) is 0.184. The lowest BCUT2D eigenvalue weighted by Gasteiger charge is -2.20. The Morgan fingerprint density at radius 3 is 2.27 bits per heavy atom. The molecule has 0 aliphatic heterocycles. The zero-order chi connectivity index (χ0) is 15.8. The minimum atomic E-state index is -0.670. The van der Waals surface area contributed by atoms with Gasteiger partial charge < -0.3 is 10.5 Å². The predicted octanol–water partition coefficient (Wildman–Crippen LogP) is 2.96. The van der Waals surface area contributed by atoms with Crippen molar-refractivity contribution in [2.75, 3.05) is 0 Å². The molecule has 112 valence electrons. The van der Waals surface area contributed by atoms with Crippen molar-refractivity contribution in [3.05, 3.63) is 71.8 Å². The number of hydrogen-bond donors (Lipinski definition) is 1. The number of benzene rings is 2. The Hall–Kier alpha value is -2.64. The zero-order valence-electron chi connectivity index (χ0n) is 12.2. The Morgan fingerprint density at radius 1 is 1.09 bits per heavy atom. The van der Waals surface area contributed by atoms with Crippen LogP contribution in [0.4, 0.5) is 0 Å². The maximum atomic E-state index is 12.3. The topological polar surface area (TPSA) is 76.1 Å². The number of nitrogens with zero attached hydrogens (tertiary/aromatic N) is 1. The number of carbonyl (C=O) groups is 1. The molecular weight excluding hydrogens is 276 g/mol. The van der Waals surface area contributed by atoms with Gasteiger partial charge in [0, 0.05) is 6.04 Å². The smallest absolute Gasteiger partial charge is 0.312 e. The lowest BCUT2D eigenvalue weighted by molar-refractivity contribution is -0.150. The van der Waals surface area contributed by atoms with Gasteiger partial charge in [-0.15, -0.1) is 0 Å². The molecule has 0 fully saturated rings. The molecule has 2 rings (SSSR count). The minimum absolute atomic E-state index is 0.0314. The molecule has 2 aromatic rings. The second-order valence-corrected chi connectivity index (χ2v) is 5.00. The molecule has 0 aliphatic rings. The molecule has 2 aromatic carbocycles. The van der Waals surface area contributed by atoms with Gasteiger partial charge >= 0.3 is 5.97 Å². The summed E-state index contributed by atoms with van der Waals surface area (Å²) >= 11 is 0. The summed E-state index contributed by atoms with van der Waals surface area (Å²) in [5.74, 6) is -1.11. The summed E-state index contributed by atoms with van der Waals surface area (Å²) in [4.78, 5) is 12.3. The fourth-order valence-corrected chi connectivity index (χ4v) is 2.20. The molecular formula is C18H18N2O2. The molecule has 2 N–H and O–H groups in total. The van der Waals surface area contributed by atoms with Gasteiger partial charge in [-0.05, 0) is 11.1 Å². The van der Waals surface area contributed by atoms with Gasteiger partial charge in [-0.1, -0.05) is 60.7 Å². The average molecular weight is 294 g/mol. The summed E-state index contributed by atoms with van der Waals surface area (Å²) in [6.07, 6.45) is 0.0314. The first-order valence-electron chi connectivity index (χ1n) is 7.10. The molecule has 0 saturated carbocycles. The normalized spacial score (nSPS) is 12.9. The van der Waals surface area contributed by atoms with Crippen molar-refractivity contribution >= 4 is 5.97 Å². The van der Waals surface area contributed by atoms with E-state index in [0.29, 0.717) is 0 Å². The van der Waals surface area contributed by atoms with Gasteiger partial charge in [-0.25, -0.2) is 0 Å². The van der Waals surface area contributed by atoms with E-state index in [0.717, 1.165) is 11.1 Å². The van der Waals surface area contributed by atoms with E-state index in [-0.39, 0.29) is 13.0 Å². The third-order valence-corrected chi connectivity index (χ3v) is 3.46. The fraction of sp³-hybridized carbons (Fsp3) is 0.222. The second kappa shape index (κ2) is 7.96. The summed E-state index contributed by atoms with van der Waals surface area (Å²) in [6, 6.07) is 20.2. The number of hydrogen-bond acceptors (Lipinski definition) is 4. The summed E-state index contributed by atoms with van der Waals surface area (Å²) in [5, 5.41) is 8.95. The molecule has 0 aliphatic carbocycles. The van der Waals surface area contributed by atoms with E-state index < -0.39 is 17.9 Å². The van der Waals surface area contributed by atoms with Crippen LogP contribution in [0.25, 0.3) is 0 Å². The minimum Gasteiger partial charge on any atom is -0.461 e. The Bertz CT molecular complexity index is 635. The van der Waals surface area contributed by atoms with Gasteiger partial charge in [0.25, 0.3) is 0 Å². The first-order valence-corrected chi connectivity index (χ1v) is 7.10. The molecule has 0 radical (unpaired) electrons. The van der Waals surface area contributed by atoms with Crippen LogP contribution in [0.5, 0.6) is 0 Å². The lowest BCUT2D eigenvalue weighted by atomic mass is 9.91. The highest BCUT2D eigenvalue weighted by Gasteiger charge is 2.28. The van der Waals surface area contributed by atoms with Gasteiger partial charge in [0.1, 0.15) is 6.61 Å². The van der Waals surface area contributed by atoms with Crippen LogP contribution in [-0.2, 0) is 16.1 Å². The van der Waals surface area contributed by atoms with Crippen molar-refractivity contribution in [1.82, 2.24) is 0 Å². The van der Waals surface area contributed by atoms with Crippen LogP contribution in [0.1, 0.15) is 23.6 Å². The van der Waals surface area contributed by atoms with E-state index in [1.165, 1.54) is 0 Å². The lowest BCUT2D eigenvalue weighted by Crippen LogP contribution is -2.29. The molecule has 4 nitrogen and oxygen atoms in total. The monoisotopic (exact) mass is 294 g/mol. The molecule has 0 aromatic heterocycles.